The summed E-state index contributed by atoms with van der Waals surface area (Å²) in [6.07, 6.45) is 1.95. The number of benzene rings is 1. The third-order valence-corrected chi connectivity index (χ3v) is 5.01. The predicted molar refractivity (Wildman–Crippen MR) is 77.5 cm³/mol. The van der Waals surface area contributed by atoms with Gasteiger partial charge in [-0.2, -0.15) is 0 Å². The fourth-order valence-electron chi connectivity index (χ4n) is 2.34. The molecule has 2 fully saturated rings. The van der Waals surface area contributed by atoms with E-state index < -0.39 is 11.2 Å². The molecule has 1 saturated carbocycles. The molecule has 0 bridgehead atoms. The second-order valence-electron chi connectivity index (χ2n) is 5.09. The molecule has 1 aliphatic heterocycles. The van der Waals surface area contributed by atoms with Gasteiger partial charge in [-0.05, 0) is 31.0 Å². The first-order valence-electron chi connectivity index (χ1n) is 6.53. The fraction of sp³-hybridized carbons (Fsp3) is 0.357. The summed E-state index contributed by atoms with van der Waals surface area (Å²) >= 11 is 7.03. The molecule has 1 atom stereocenters. The first-order chi connectivity index (χ1) is 9.97. The molecule has 2 aliphatic rings. The quantitative estimate of drug-likeness (QED) is 0.860. The van der Waals surface area contributed by atoms with Gasteiger partial charge in [0.15, 0.2) is 0 Å². The Kier molecular flexibility index (Phi) is 3.67. The van der Waals surface area contributed by atoms with Gasteiger partial charge in [0, 0.05) is 17.4 Å². The maximum absolute atomic E-state index is 12.2. The van der Waals surface area contributed by atoms with E-state index >= 15 is 0 Å². The second-order valence-corrected chi connectivity index (χ2v) is 6.77. The van der Waals surface area contributed by atoms with Crippen LogP contribution >= 0.6 is 23.4 Å². The molecule has 7 heteroatoms. The number of hydrogen-bond donors (Lipinski definition) is 1. The summed E-state index contributed by atoms with van der Waals surface area (Å²) in [6.45, 7) is 0. The van der Waals surface area contributed by atoms with Crippen LogP contribution in [0.15, 0.2) is 23.1 Å². The Hall–Kier alpha value is -1.53. The minimum absolute atomic E-state index is 0.00233. The van der Waals surface area contributed by atoms with Crippen molar-refractivity contribution in [3.8, 4) is 0 Å². The highest BCUT2D eigenvalue weighted by Gasteiger charge is 2.46. The zero-order valence-corrected chi connectivity index (χ0v) is 12.5. The van der Waals surface area contributed by atoms with E-state index in [1.54, 1.807) is 6.07 Å². The number of amides is 2. The summed E-state index contributed by atoms with van der Waals surface area (Å²) in [4.78, 5) is 37.1. The summed E-state index contributed by atoms with van der Waals surface area (Å²) in [5.74, 6) is -1.41. The van der Waals surface area contributed by atoms with Crippen LogP contribution in [0.5, 0.6) is 0 Å². The number of carbonyl (C=O) groups excluding carboxylic acids is 2. The summed E-state index contributed by atoms with van der Waals surface area (Å²) in [5, 5.41) is 8.73. The van der Waals surface area contributed by atoms with Crippen LogP contribution in [-0.2, 0) is 9.59 Å². The number of likely N-dealkylation sites (tertiary alicyclic amines) is 1. The Balaban J connectivity index is 1.78. The van der Waals surface area contributed by atoms with E-state index in [-0.39, 0.29) is 34.9 Å². The molecule has 110 valence electrons. The van der Waals surface area contributed by atoms with E-state index in [0.717, 1.165) is 12.8 Å². The zero-order chi connectivity index (χ0) is 15.1. The van der Waals surface area contributed by atoms with Crippen LogP contribution in [0, 0.1) is 0 Å². The van der Waals surface area contributed by atoms with Crippen LogP contribution in [0.2, 0.25) is 5.02 Å². The fourth-order valence-corrected chi connectivity index (χ4v) is 3.64. The number of nitrogens with zero attached hydrogens (tertiary/aromatic N) is 1. The van der Waals surface area contributed by atoms with Gasteiger partial charge in [-0.25, -0.2) is 4.79 Å². The summed E-state index contributed by atoms with van der Waals surface area (Å²) in [6, 6.07) is 4.67. The molecule has 1 N–H and O–H groups in total. The number of carboxylic acids is 1. The van der Waals surface area contributed by atoms with Gasteiger partial charge < -0.3 is 5.11 Å². The van der Waals surface area contributed by atoms with Gasteiger partial charge in [0.1, 0.15) is 0 Å². The molecular weight excluding hydrogens is 314 g/mol. The lowest BCUT2D eigenvalue weighted by Gasteiger charge is -2.13. The molecule has 1 aromatic rings. The number of halogens is 1. The topological polar surface area (TPSA) is 74.7 Å². The molecule has 1 aromatic carbocycles. The van der Waals surface area contributed by atoms with Crippen molar-refractivity contribution in [3.05, 3.63) is 28.8 Å². The van der Waals surface area contributed by atoms with Crippen molar-refractivity contribution in [1.82, 2.24) is 4.90 Å². The summed E-state index contributed by atoms with van der Waals surface area (Å²) < 4.78 is 0. The summed E-state index contributed by atoms with van der Waals surface area (Å²) in [5.41, 5.74) is -0.00233. The number of imide groups is 1. The lowest BCUT2D eigenvalue weighted by atomic mass is 10.2. The first kappa shape index (κ1) is 14.4. The Bertz CT molecular complexity index is 644. The molecule has 1 unspecified atom stereocenters. The Morgan fingerprint density at radius 3 is 2.67 bits per heavy atom. The Labute approximate surface area is 130 Å². The van der Waals surface area contributed by atoms with E-state index in [1.165, 1.54) is 28.8 Å². The van der Waals surface area contributed by atoms with E-state index in [9.17, 15) is 14.4 Å². The number of rotatable bonds is 4. The molecule has 3 rings (SSSR count). The number of hydrogen-bond acceptors (Lipinski definition) is 4. The number of carboxylic acid groups (broad SMARTS) is 1. The zero-order valence-electron chi connectivity index (χ0n) is 10.9. The predicted octanol–water partition coefficient (Wildman–Crippen LogP) is 2.42. The van der Waals surface area contributed by atoms with E-state index in [0.29, 0.717) is 4.90 Å². The molecule has 1 heterocycles. The third-order valence-electron chi connectivity index (χ3n) is 3.50. The maximum atomic E-state index is 12.2. The average Bonchev–Trinajstić information content (AvgIpc) is 3.20. The minimum atomic E-state index is -1.11. The SMILES string of the molecule is O=C(O)c1cc(SC2CC(=O)N(C3CC3)C2=O)ccc1Cl. The average molecular weight is 326 g/mol. The van der Waals surface area contributed by atoms with Gasteiger partial charge in [-0.3, -0.25) is 14.5 Å². The molecular formula is C14H12ClNO4S. The molecule has 0 aromatic heterocycles. The number of carbonyl (C=O) groups is 3. The maximum Gasteiger partial charge on any atom is 0.337 e. The highest BCUT2D eigenvalue weighted by Crippen LogP contribution is 2.38. The van der Waals surface area contributed by atoms with Crippen LogP contribution < -0.4 is 0 Å². The molecule has 5 nitrogen and oxygen atoms in total. The van der Waals surface area contributed by atoms with Crippen LogP contribution in [0.25, 0.3) is 0 Å². The molecule has 2 amide bonds. The molecule has 1 aliphatic carbocycles. The van der Waals surface area contributed by atoms with Crippen LogP contribution in [-0.4, -0.2) is 39.1 Å². The highest BCUT2D eigenvalue weighted by atomic mass is 35.5. The largest absolute Gasteiger partial charge is 0.478 e. The van der Waals surface area contributed by atoms with Crippen molar-refractivity contribution in [2.45, 2.75) is 35.4 Å². The lowest BCUT2D eigenvalue weighted by molar-refractivity contribution is -0.138. The van der Waals surface area contributed by atoms with Crippen molar-refractivity contribution in [3.63, 3.8) is 0 Å². The normalized spacial score (nSPS) is 22.0. The molecule has 1 saturated heterocycles. The molecule has 21 heavy (non-hydrogen) atoms. The van der Waals surface area contributed by atoms with Crippen molar-refractivity contribution in [1.29, 1.82) is 0 Å². The van der Waals surface area contributed by atoms with Gasteiger partial charge in [0.2, 0.25) is 11.8 Å². The van der Waals surface area contributed by atoms with Crippen LogP contribution in [0.4, 0.5) is 0 Å². The van der Waals surface area contributed by atoms with Gasteiger partial charge in [0.05, 0.1) is 15.8 Å². The van der Waals surface area contributed by atoms with E-state index in [1.807, 2.05) is 0 Å². The third kappa shape index (κ3) is 2.78. The van der Waals surface area contributed by atoms with Crippen molar-refractivity contribution >= 4 is 41.1 Å². The minimum Gasteiger partial charge on any atom is -0.478 e. The monoisotopic (exact) mass is 325 g/mol. The van der Waals surface area contributed by atoms with Gasteiger partial charge >= 0.3 is 5.97 Å². The van der Waals surface area contributed by atoms with E-state index in [4.69, 9.17) is 16.7 Å². The van der Waals surface area contributed by atoms with Crippen LogP contribution in [0.3, 0.4) is 0 Å². The molecule has 0 radical (unpaired) electrons. The van der Waals surface area contributed by atoms with Crippen molar-refractivity contribution in [2.75, 3.05) is 0 Å². The van der Waals surface area contributed by atoms with Crippen molar-refractivity contribution in [2.24, 2.45) is 0 Å². The smallest absolute Gasteiger partial charge is 0.337 e. The number of aromatic carboxylic acids is 1. The van der Waals surface area contributed by atoms with Gasteiger partial charge in [-0.15, -0.1) is 11.8 Å². The highest BCUT2D eigenvalue weighted by molar-refractivity contribution is 8.00. The summed E-state index contributed by atoms with van der Waals surface area (Å²) in [7, 11) is 0. The lowest BCUT2D eigenvalue weighted by Crippen LogP contribution is -2.33. The molecule has 0 spiro atoms. The second kappa shape index (κ2) is 5.35. The van der Waals surface area contributed by atoms with E-state index in [2.05, 4.69) is 0 Å². The van der Waals surface area contributed by atoms with Crippen molar-refractivity contribution < 1.29 is 19.5 Å². The van der Waals surface area contributed by atoms with Crippen LogP contribution in [0.1, 0.15) is 29.6 Å². The Morgan fingerprint density at radius 2 is 2.05 bits per heavy atom. The standard InChI is InChI=1S/C14H12ClNO4S/c15-10-4-3-8(5-9(10)14(19)20)21-11-6-12(17)16(13(11)18)7-1-2-7/h3-5,7,11H,1-2,6H2,(H,19,20). The first-order valence-corrected chi connectivity index (χ1v) is 7.78. The van der Waals surface area contributed by atoms with Gasteiger partial charge in [0.25, 0.3) is 0 Å². The van der Waals surface area contributed by atoms with Gasteiger partial charge in [-0.1, -0.05) is 11.6 Å². The number of thioether (sulfide) groups is 1. The Morgan fingerprint density at radius 1 is 1.33 bits per heavy atom.